The number of hydrogen-bond acceptors (Lipinski definition) is 2. The topological polar surface area (TPSA) is 33.0 Å². The summed E-state index contributed by atoms with van der Waals surface area (Å²) in [6.07, 6.45) is -1.29. The molecule has 0 unspecified atom stereocenters. The smallest absolute Gasteiger partial charge is 0.429 e. The maximum atomic E-state index is 14.1. The number of hydrogen-bond donors (Lipinski definition) is 0. The number of halogens is 4. The Balaban J connectivity index is 2.36. The molecule has 0 heterocycles. The molecule has 23 heavy (non-hydrogen) atoms. The van der Waals surface area contributed by atoms with Crippen LogP contribution in [-0.4, -0.2) is 0 Å². The SMILES string of the molecule is C/C=C/c1cc(F)c(C(F)(F)Oc2ccc(C#N)cc2)c(F)c1. The summed E-state index contributed by atoms with van der Waals surface area (Å²) >= 11 is 0. The van der Waals surface area contributed by atoms with Crippen LogP contribution in [0.3, 0.4) is 0 Å². The molecule has 118 valence electrons. The molecule has 6 heteroatoms. The molecular weight excluding hydrogens is 310 g/mol. The zero-order chi connectivity index (χ0) is 17.0. The minimum absolute atomic E-state index is 0.125. The summed E-state index contributed by atoms with van der Waals surface area (Å²) in [5, 5.41) is 8.64. The summed E-state index contributed by atoms with van der Waals surface area (Å²) in [5.41, 5.74) is -1.09. The lowest BCUT2D eigenvalue weighted by atomic mass is 10.1. The fourth-order valence-corrected chi connectivity index (χ4v) is 1.96. The van der Waals surface area contributed by atoms with E-state index in [1.807, 2.05) is 6.07 Å². The average Bonchev–Trinajstić information content (AvgIpc) is 2.47. The highest BCUT2D eigenvalue weighted by Crippen LogP contribution is 2.35. The zero-order valence-corrected chi connectivity index (χ0v) is 12.0. The van der Waals surface area contributed by atoms with Gasteiger partial charge in [0, 0.05) is 0 Å². The van der Waals surface area contributed by atoms with Crippen LogP contribution in [0.2, 0.25) is 0 Å². The first-order valence-electron chi connectivity index (χ1n) is 6.56. The highest BCUT2D eigenvalue weighted by Gasteiger charge is 2.41. The Labute approximate surface area is 130 Å². The third-order valence-corrected chi connectivity index (χ3v) is 2.94. The van der Waals surface area contributed by atoms with E-state index in [-0.39, 0.29) is 16.9 Å². The summed E-state index contributed by atoms with van der Waals surface area (Å²) < 4.78 is 60.3. The molecule has 0 aliphatic rings. The molecule has 2 rings (SSSR count). The van der Waals surface area contributed by atoms with E-state index in [1.165, 1.54) is 24.3 Å². The minimum Gasteiger partial charge on any atom is -0.429 e. The van der Waals surface area contributed by atoms with Crippen LogP contribution in [0.5, 0.6) is 5.75 Å². The van der Waals surface area contributed by atoms with Gasteiger partial charge in [-0.2, -0.15) is 14.0 Å². The van der Waals surface area contributed by atoms with Gasteiger partial charge in [-0.05, 0) is 48.9 Å². The van der Waals surface area contributed by atoms with Crippen molar-refractivity contribution in [3.63, 3.8) is 0 Å². The van der Waals surface area contributed by atoms with Gasteiger partial charge in [0.05, 0.1) is 11.6 Å². The summed E-state index contributed by atoms with van der Waals surface area (Å²) in [6.45, 7) is 1.63. The van der Waals surface area contributed by atoms with Crippen molar-refractivity contribution in [2.45, 2.75) is 13.0 Å². The fourth-order valence-electron chi connectivity index (χ4n) is 1.96. The largest absolute Gasteiger partial charge is 0.432 e. The third kappa shape index (κ3) is 3.69. The van der Waals surface area contributed by atoms with E-state index in [0.717, 1.165) is 24.3 Å². The fraction of sp³-hybridized carbons (Fsp3) is 0.118. The van der Waals surface area contributed by atoms with Crippen LogP contribution in [0.25, 0.3) is 6.08 Å². The first-order valence-corrected chi connectivity index (χ1v) is 6.56. The van der Waals surface area contributed by atoms with Gasteiger partial charge in [0.1, 0.15) is 22.9 Å². The van der Waals surface area contributed by atoms with Gasteiger partial charge < -0.3 is 4.74 Å². The second-order valence-corrected chi connectivity index (χ2v) is 4.61. The predicted molar refractivity (Wildman–Crippen MR) is 76.7 cm³/mol. The van der Waals surface area contributed by atoms with Crippen LogP contribution < -0.4 is 4.74 Å². The van der Waals surface area contributed by atoms with Gasteiger partial charge in [-0.3, -0.25) is 0 Å². The van der Waals surface area contributed by atoms with Crippen LogP contribution in [0.4, 0.5) is 17.6 Å². The number of benzene rings is 2. The van der Waals surface area contributed by atoms with Gasteiger partial charge in [0.2, 0.25) is 0 Å². The second-order valence-electron chi connectivity index (χ2n) is 4.61. The molecule has 0 radical (unpaired) electrons. The molecule has 2 aromatic rings. The lowest BCUT2D eigenvalue weighted by molar-refractivity contribution is -0.189. The molecular formula is C17H11F4NO. The first kappa shape index (κ1) is 16.6. The summed E-state index contributed by atoms with van der Waals surface area (Å²) in [6, 6.07) is 8.17. The van der Waals surface area contributed by atoms with Crippen molar-refractivity contribution < 1.29 is 22.3 Å². The van der Waals surface area contributed by atoms with Crippen molar-refractivity contribution in [2.75, 3.05) is 0 Å². The van der Waals surface area contributed by atoms with Crippen molar-refractivity contribution in [2.24, 2.45) is 0 Å². The molecule has 0 amide bonds. The minimum atomic E-state index is -4.20. The lowest BCUT2D eigenvalue weighted by Gasteiger charge is -2.19. The Morgan fingerprint density at radius 3 is 2.13 bits per heavy atom. The molecule has 2 nitrogen and oxygen atoms in total. The van der Waals surface area contributed by atoms with Crippen LogP contribution in [0.1, 0.15) is 23.6 Å². The van der Waals surface area contributed by atoms with Gasteiger partial charge in [-0.1, -0.05) is 12.2 Å². The molecule has 0 bridgehead atoms. The quantitative estimate of drug-likeness (QED) is 0.743. The first-order chi connectivity index (χ1) is 10.9. The number of nitrogens with zero attached hydrogens (tertiary/aromatic N) is 1. The van der Waals surface area contributed by atoms with Crippen LogP contribution in [0.15, 0.2) is 42.5 Å². The van der Waals surface area contributed by atoms with Gasteiger partial charge in [-0.25, -0.2) is 8.78 Å². The Hall–Kier alpha value is -2.81. The van der Waals surface area contributed by atoms with Crippen LogP contribution in [-0.2, 0) is 6.11 Å². The third-order valence-electron chi connectivity index (χ3n) is 2.94. The molecule has 0 spiro atoms. The van der Waals surface area contributed by atoms with E-state index in [9.17, 15) is 17.6 Å². The Morgan fingerprint density at radius 1 is 1.09 bits per heavy atom. The summed E-state index contributed by atoms with van der Waals surface area (Å²) in [4.78, 5) is 0. The predicted octanol–water partition coefficient (Wildman–Crippen LogP) is 5.00. The number of rotatable bonds is 4. The van der Waals surface area contributed by atoms with Crippen LogP contribution in [0, 0.1) is 23.0 Å². The second kappa shape index (κ2) is 6.53. The molecule has 0 fully saturated rings. The van der Waals surface area contributed by atoms with Gasteiger partial charge in [-0.15, -0.1) is 0 Å². The molecule has 0 aliphatic heterocycles. The van der Waals surface area contributed by atoms with E-state index < -0.39 is 23.3 Å². The monoisotopic (exact) mass is 321 g/mol. The highest BCUT2D eigenvalue weighted by molar-refractivity contribution is 5.50. The maximum Gasteiger partial charge on any atom is 0.432 e. The molecule has 0 aromatic heterocycles. The van der Waals surface area contributed by atoms with Crippen molar-refractivity contribution in [1.29, 1.82) is 5.26 Å². The van der Waals surface area contributed by atoms with Crippen molar-refractivity contribution in [3.05, 3.63) is 70.8 Å². The van der Waals surface area contributed by atoms with Crippen molar-refractivity contribution >= 4 is 6.08 Å². The van der Waals surface area contributed by atoms with E-state index in [1.54, 1.807) is 6.92 Å². The maximum absolute atomic E-state index is 14.1. The molecule has 0 atom stereocenters. The van der Waals surface area contributed by atoms with Crippen LogP contribution >= 0.6 is 0 Å². The number of alkyl halides is 2. The van der Waals surface area contributed by atoms with Crippen molar-refractivity contribution in [3.8, 4) is 11.8 Å². The Kier molecular flexibility index (Phi) is 4.70. The number of nitriles is 1. The summed E-state index contributed by atoms with van der Waals surface area (Å²) in [5.74, 6) is -3.13. The average molecular weight is 321 g/mol. The van der Waals surface area contributed by atoms with Gasteiger partial charge in [0.25, 0.3) is 0 Å². The van der Waals surface area contributed by atoms with E-state index in [2.05, 4.69) is 4.74 Å². The molecule has 0 N–H and O–H groups in total. The number of allylic oxidation sites excluding steroid dienone is 1. The Bertz CT molecular complexity index is 753. The Morgan fingerprint density at radius 2 is 1.65 bits per heavy atom. The molecule has 2 aromatic carbocycles. The van der Waals surface area contributed by atoms with E-state index >= 15 is 0 Å². The highest BCUT2D eigenvalue weighted by atomic mass is 19.3. The van der Waals surface area contributed by atoms with Gasteiger partial charge in [0.15, 0.2) is 0 Å². The molecule has 0 saturated carbocycles. The normalized spacial score (nSPS) is 11.5. The summed E-state index contributed by atoms with van der Waals surface area (Å²) in [7, 11) is 0. The lowest BCUT2D eigenvalue weighted by Crippen LogP contribution is -2.25. The number of ether oxygens (including phenoxy) is 1. The zero-order valence-electron chi connectivity index (χ0n) is 12.0. The molecule has 0 aliphatic carbocycles. The molecule has 0 saturated heterocycles. The van der Waals surface area contributed by atoms with Crippen molar-refractivity contribution in [1.82, 2.24) is 0 Å². The standard InChI is InChI=1S/C17H11F4NO/c1-2-3-12-8-14(18)16(15(19)9-12)17(20,21)23-13-6-4-11(10-22)5-7-13/h2-9H,1H3/b3-2+. The van der Waals surface area contributed by atoms with E-state index in [4.69, 9.17) is 5.26 Å². The van der Waals surface area contributed by atoms with Gasteiger partial charge >= 0.3 is 6.11 Å². The van der Waals surface area contributed by atoms with E-state index in [0.29, 0.717) is 0 Å².